The number of alkyl halides is 7. The second-order valence-electron chi connectivity index (χ2n) is 11.3. The number of allylic oxidation sites excluding steroid dienone is 5. The van der Waals surface area contributed by atoms with Gasteiger partial charge in [-0.05, 0) is 44.3 Å². The van der Waals surface area contributed by atoms with Gasteiger partial charge in [0.2, 0.25) is 6.29 Å². The van der Waals surface area contributed by atoms with E-state index in [0.717, 1.165) is 16.4 Å². The molecule has 3 heterocycles. The van der Waals surface area contributed by atoms with Crippen molar-refractivity contribution in [1.29, 1.82) is 0 Å². The number of nitrogens with two attached hydrogens (primary N) is 1. The average molecular weight is 798 g/mol. The van der Waals surface area contributed by atoms with Crippen LogP contribution in [-0.2, 0) is 9.47 Å². The van der Waals surface area contributed by atoms with Crippen LogP contribution in [0.15, 0.2) is 43.6 Å². The fourth-order valence-electron chi connectivity index (χ4n) is 5.72. The molecule has 49 heavy (non-hydrogen) atoms. The van der Waals surface area contributed by atoms with Crippen molar-refractivity contribution in [2.24, 2.45) is 16.8 Å². The van der Waals surface area contributed by atoms with Gasteiger partial charge < -0.3 is 20.3 Å². The monoisotopic (exact) mass is 796 g/mol. The first-order chi connectivity index (χ1) is 22.8. The van der Waals surface area contributed by atoms with Crippen LogP contribution in [0.5, 0.6) is 0 Å². The number of rotatable bonds is 10. The molecule has 0 spiro atoms. The maximum Gasteiger partial charge on any atom is 0.409 e. The smallest absolute Gasteiger partial charge is 0.394 e. The molecule has 6 unspecified atom stereocenters. The highest BCUT2D eigenvalue weighted by Crippen LogP contribution is 2.48. The molecule has 0 radical (unpaired) electrons. The Balaban J connectivity index is 1.90. The SMILES string of the molecule is C=C(Cl)/C(=C(Cl)\C=C\C(F)(F)F)n1nc(C2OCC(CO)O2)c(SC)c1/N=C(\C)c1nn(C2C(C)CC(C(F)(F)F)CC2Cl)c(N)c1SC. The normalized spacial score (nSPS) is 26.1. The Hall–Kier alpha value is -1.86. The largest absolute Gasteiger partial charge is 0.409 e. The second kappa shape index (κ2) is 15.8. The topological polar surface area (TPSA) is 113 Å². The van der Waals surface area contributed by atoms with Crippen LogP contribution in [-0.4, -0.2) is 79.9 Å². The number of nitrogens with zero attached hydrogens (tertiary/aromatic N) is 5. The Labute approximate surface area is 301 Å². The predicted octanol–water partition coefficient (Wildman–Crippen LogP) is 8.69. The third-order valence-corrected chi connectivity index (χ3v) is 10.5. The highest BCUT2D eigenvalue weighted by molar-refractivity contribution is 7.99. The summed E-state index contributed by atoms with van der Waals surface area (Å²) in [4.78, 5) is 5.62. The summed E-state index contributed by atoms with van der Waals surface area (Å²) >= 11 is 21.6. The standard InChI is InChI=1S/C29H33Cl3F6N6O3S2/c1-12-8-15(29(36,37)38)9-18(32)21(12)43-25(39)23(48-4)19(41-43)14(3)40-26-24(49-5)20(27-46-11-16(10-45)47-27)42-44(26)22(13(2)30)17(31)6-7-28(33,34)35/h6-7,12,15-16,18,21,27,45H,2,8-11,39H2,1,3-5H3/b7-6+,22-17-,40-14+. The predicted molar refractivity (Wildman–Crippen MR) is 181 cm³/mol. The third-order valence-electron chi connectivity index (χ3n) is 7.93. The van der Waals surface area contributed by atoms with Crippen LogP contribution in [0.1, 0.15) is 50.4 Å². The molecule has 4 rings (SSSR count). The molecule has 2 aliphatic rings. The maximum atomic E-state index is 13.6. The van der Waals surface area contributed by atoms with Gasteiger partial charge in [0.1, 0.15) is 29.0 Å². The number of aliphatic hydroxyl groups is 1. The Morgan fingerprint density at radius 3 is 2.31 bits per heavy atom. The number of nitrogen functional groups attached to an aromatic ring is 1. The lowest BCUT2D eigenvalue weighted by atomic mass is 9.78. The summed E-state index contributed by atoms with van der Waals surface area (Å²) < 4.78 is 94.0. The van der Waals surface area contributed by atoms with Crippen molar-refractivity contribution in [3.63, 3.8) is 0 Å². The fourth-order valence-corrected chi connectivity index (χ4v) is 8.12. The number of aliphatic hydroxyl groups excluding tert-OH is 1. The number of ether oxygens (including phenoxy) is 2. The Kier molecular flexibility index (Phi) is 12.9. The number of thioether (sulfide) groups is 2. The van der Waals surface area contributed by atoms with Crippen LogP contribution < -0.4 is 5.73 Å². The van der Waals surface area contributed by atoms with Crippen molar-refractivity contribution in [2.45, 2.75) is 72.6 Å². The van der Waals surface area contributed by atoms with Gasteiger partial charge in [0.15, 0.2) is 5.82 Å². The van der Waals surface area contributed by atoms with Gasteiger partial charge in [0.25, 0.3) is 0 Å². The molecule has 0 bridgehead atoms. The molecule has 1 saturated carbocycles. The van der Waals surface area contributed by atoms with Crippen molar-refractivity contribution in [3.05, 3.63) is 40.2 Å². The zero-order chi connectivity index (χ0) is 36.6. The maximum absolute atomic E-state index is 13.6. The molecule has 2 aromatic rings. The van der Waals surface area contributed by atoms with Gasteiger partial charge >= 0.3 is 12.4 Å². The van der Waals surface area contributed by atoms with E-state index in [0.29, 0.717) is 15.9 Å². The fraction of sp³-hybridized carbons (Fsp3) is 0.552. The highest BCUT2D eigenvalue weighted by Gasteiger charge is 2.48. The number of anilines is 1. The molecule has 1 aliphatic carbocycles. The van der Waals surface area contributed by atoms with Gasteiger partial charge in [-0.25, -0.2) is 14.4 Å². The van der Waals surface area contributed by atoms with Crippen molar-refractivity contribution in [3.8, 4) is 0 Å². The number of aromatic nitrogens is 4. The molecule has 0 aromatic carbocycles. The highest BCUT2D eigenvalue weighted by atomic mass is 35.5. The van der Waals surface area contributed by atoms with Gasteiger partial charge in [-0.1, -0.05) is 36.7 Å². The molecular weight excluding hydrogens is 765 g/mol. The van der Waals surface area contributed by atoms with E-state index in [1.54, 1.807) is 26.4 Å². The molecule has 272 valence electrons. The first-order valence-electron chi connectivity index (χ1n) is 14.6. The molecule has 1 saturated heterocycles. The van der Waals surface area contributed by atoms with E-state index < -0.39 is 53.0 Å². The summed E-state index contributed by atoms with van der Waals surface area (Å²) in [5.74, 6) is -1.86. The summed E-state index contributed by atoms with van der Waals surface area (Å²) in [6, 6.07) is -0.656. The third kappa shape index (κ3) is 8.79. The number of aliphatic imine (C=N–C) groups is 1. The van der Waals surface area contributed by atoms with Crippen LogP contribution >= 0.6 is 58.3 Å². The number of hydrogen-bond donors (Lipinski definition) is 2. The van der Waals surface area contributed by atoms with E-state index >= 15 is 0 Å². The lowest BCUT2D eigenvalue weighted by Gasteiger charge is -2.38. The van der Waals surface area contributed by atoms with E-state index in [4.69, 9.17) is 60.1 Å². The van der Waals surface area contributed by atoms with Gasteiger partial charge in [-0.2, -0.15) is 36.5 Å². The zero-order valence-corrected chi connectivity index (χ0v) is 30.4. The van der Waals surface area contributed by atoms with E-state index in [-0.39, 0.29) is 71.6 Å². The lowest BCUT2D eigenvalue weighted by Crippen LogP contribution is -2.40. The van der Waals surface area contributed by atoms with E-state index in [2.05, 4.69) is 11.7 Å². The van der Waals surface area contributed by atoms with Gasteiger partial charge in [0, 0.05) is 6.08 Å². The van der Waals surface area contributed by atoms with E-state index in [1.807, 2.05) is 0 Å². The molecule has 9 nitrogen and oxygen atoms in total. The quantitative estimate of drug-likeness (QED) is 0.0808. The van der Waals surface area contributed by atoms with Crippen molar-refractivity contribution < 1.29 is 40.9 Å². The van der Waals surface area contributed by atoms with Gasteiger partial charge in [-0.15, -0.1) is 35.1 Å². The molecule has 2 fully saturated rings. The van der Waals surface area contributed by atoms with Crippen molar-refractivity contribution in [1.82, 2.24) is 19.6 Å². The summed E-state index contributed by atoms with van der Waals surface area (Å²) in [5, 5.41) is 17.1. The van der Waals surface area contributed by atoms with Crippen LogP contribution in [0.3, 0.4) is 0 Å². The first-order valence-corrected chi connectivity index (χ1v) is 18.2. The minimum Gasteiger partial charge on any atom is -0.394 e. The van der Waals surface area contributed by atoms with Gasteiger partial charge in [-0.3, -0.25) is 0 Å². The molecule has 2 aromatic heterocycles. The van der Waals surface area contributed by atoms with Crippen LogP contribution in [0.4, 0.5) is 38.0 Å². The number of halogens is 9. The van der Waals surface area contributed by atoms with Gasteiger partial charge in [0.05, 0.1) is 56.1 Å². The Morgan fingerprint density at radius 1 is 1.14 bits per heavy atom. The molecule has 20 heteroatoms. The van der Waals surface area contributed by atoms with Crippen LogP contribution in [0, 0.1) is 11.8 Å². The Morgan fingerprint density at radius 2 is 1.80 bits per heavy atom. The zero-order valence-electron chi connectivity index (χ0n) is 26.4. The minimum absolute atomic E-state index is 0.0398. The van der Waals surface area contributed by atoms with Crippen molar-refractivity contribution in [2.75, 3.05) is 31.5 Å². The molecule has 0 amide bonds. The average Bonchev–Trinajstić information content (AvgIpc) is 3.70. The minimum atomic E-state index is -4.69. The Bertz CT molecular complexity index is 1630. The lowest BCUT2D eigenvalue weighted by molar-refractivity contribution is -0.187. The number of hydrogen-bond acceptors (Lipinski definition) is 9. The molecule has 1 aliphatic heterocycles. The molecule has 3 N–H and O–H groups in total. The second-order valence-corrected chi connectivity index (χ2v) is 14.4. The summed E-state index contributed by atoms with van der Waals surface area (Å²) in [6.07, 6.45) is -7.34. The molecule has 6 atom stereocenters. The summed E-state index contributed by atoms with van der Waals surface area (Å²) in [7, 11) is 0. The summed E-state index contributed by atoms with van der Waals surface area (Å²) in [6.45, 7) is 6.64. The van der Waals surface area contributed by atoms with E-state index in [1.165, 1.54) is 16.4 Å². The summed E-state index contributed by atoms with van der Waals surface area (Å²) in [5.41, 5.74) is 7.01. The van der Waals surface area contributed by atoms with Crippen LogP contribution in [0.25, 0.3) is 5.70 Å². The van der Waals surface area contributed by atoms with Crippen molar-refractivity contribution >= 4 is 81.4 Å². The van der Waals surface area contributed by atoms with Crippen LogP contribution in [0.2, 0.25) is 0 Å². The first kappa shape index (κ1) is 39.9. The molecular formula is C29H33Cl3F6N6O3S2. The van der Waals surface area contributed by atoms with E-state index in [9.17, 15) is 31.4 Å².